The number of halogens is 1. The summed E-state index contributed by atoms with van der Waals surface area (Å²) in [5.74, 6) is -0.659. The Morgan fingerprint density at radius 1 is 0.971 bits per heavy atom. The number of nitrogens with one attached hydrogen (secondary N) is 2. The Bertz CT molecular complexity index is 1520. The van der Waals surface area contributed by atoms with Crippen LogP contribution in [0.4, 0.5) is 27.5 Å². The van der Waals surface area contributed by atoms with Crippen LogP contribution in [0.2, 0.25) is 0 Å². The third-order valence-corrected chi connectivity index (χ3v) is 6.02. The van der Waals surface area contributed by atoms with Crippen LogP contribution in [0, 0.1) is 24.1 Å². The summed E-state index contributed by atoms with van der Waals surface area (Å²) in [4.78, 5) is 8.07. The zero-order chi connectivity index (χ0) is 24.3. The predicted octanol–water partition coefficient (Wildman–Crippen LogP) is 4.60. The van der Waals surface area contributed by atoms with E-state index in [4.69, 9.17) is 10.4 Å². The number of rotatable bonds is 6. The van der Waals surface area contributed by atoms with Gasteiger partial charge in [0.2, 0.25) is 16.0 Å². The van der Waals surface area contributed by atoms with Crippen molar-refractivity contribution < 1.29 is 12.8 Å². The molecular formula is C24H19FN6O2S. The van der Waals surface area contributed by atoms with Crippen LogP contribution in [0.1, 0.15) is 11.1 Å². The first-order chi connectivity index (χ1) is 16.2. The average Bonchev–Trinajstić information content (AvgIpc) is 2.82. The Morgan fingerprint density at radius 3 is 2.41 bits per heavy atom. The molecule has 4 rings (SSSR count). The number of hydrogen-bond donors (Lipinski definition) is 3. The van der Waals surface area contributed by atoms with E-state index in [0.717, 1.165) is 17.3 Å². The lowest BCUT2D eigenvalue weighted by Crippen LogP contribution is -2.14. The zero-order valence-corrected chi connectivity index (χ0v) is 18.8. The number of aryl methyl sites for hydroxylation is 1. The van der Waals surface area contributed by atoms with E-state index >= 15 is 0 Å². The lowest BCUT2D eigenvalue weighted by Gasteiger charge is -2.12. The topological polar surface area (TPSA) is 134 Å². The first-order valence-corrected chi connectivity index (χ1v) is 11.6. The Morgan fingerprint density at radius 2 is 1.71 bits per heavy atom. The van der Waals surface area contributed by atoms with Gasteiger partial charge in [0.05, 0.1) is 22.7 Å². The van der Waals surface area contributed by atoms with Crippen molar-refractivity contribution in [2.45, 2.75) is 11.8 Å². The summed E-state index contributed by atoms with van der Waals surface area (Å²) in [5, 5.41) is 20.0. The number of anilines is 4. The number of benzene rings is 3. The summed E-state index contributed by atoms with van der Waals surface area (Å²) in [7, 11) is -3.90. The summed E-state index contributed by atoms with van der Waals surface area (Å²) >= 11 is 0. The lowest BCUT2D eigenvalue weighted by molar-refractivity contribution is 0.597. The molecule has 0 radical (unpaired) electrons. The Hall–Kier alpha value is -4.33. The van der Waals surface area contributed by atoms with Gasteiger partial charge in [0.15, 0.2) is 11.6 Å². The lowest BCUT2D eigenvalue weighted by atomic mass is 10.0. The molecule has 0 fully saturated rings. The number of aromatic nitrogens is 2. The van der Waals surface area contributed by atoms with Crippen LogP contribution < -0.4 is 15.8 Å². The number of sulfonamides is 1. The zero-order valence-electron chi connectivity index (χ0n) is 17.9. The van der Waals surface area contributed by atoms with Crippen LogP contribution in [-0.4, -0.2) is 18.4 Å². The van der Waals surface area contributed by atoms with Gasteiger partial charge in [-0.25, -0.2) is 22.9 Å². The fraction of sp³-hybridized carbons (Fsp3) is 0.0417. The van der Waals surface area contributed by atoms with Gasteiger partial charge >= 0.3 is 0 Å². The largest absolute Gasteiger partial charge is 0.338 e. The molecule has 34 heavy (non-hydrogen) atoms. The minimum Gasteiger partial charge on any atom is -0.338 e. The molecule has 0 spiro atoms. The predicted molar refractivity (Wildman–Crippen MR) is 128 cm³/mol. The van der Waals surface area contributed by atoms with Crippen molar-refractivity contribution in [1.29, 1.82) is 5.26 Å². The molecule has 0 aliphatic rings. The van der Waals surface area contributed by atoms with Gasteiger partial charge in [-0.15, -0.1) is 0 Å². The maximum absolute atomic E-state index is 14.4. The van der Waals surface area contributed by atoms with Crippen LogP contribution in [0.25, 0.3) is 11.1 Å². The molecule has 1 heterocycles. The molecule has 3 aromatic carbocycles. The minimum absolute atomic E-state index is 0.0300. The van der Waals surface area contributed by atoms with Gasteiger partial charge < -0.3 is 10.6 Å². The van der Waals surface area contributed by atoms with E-state index in [-0.39, 0.29) is 16.7 Å². The standard InChI is InChI=1S/C24H19FN6O2S/c1-15-5-10-20(12-22(15)34(27,32)33)30-24-28-14-21(25)23(31-24)29-19-4-2-3-18(11-19)17-8-6-16(13-26)7-9-17/h2-12,14H,1H3,(H2,27,32,33)(H2,28,29,30,31). The van der Waals surface area contributed by atoms with E-state index in [1.54, 1.807) is 37.3 Å². The Balaban J connectivity index is 1.58. The van der Waals surface area contributed by atoms with Crippen molar-refractivity contribution in [3.8, 4) is 17.2 Å². The molecule has 0 saturated carbocycles. The van der Waals surface area contributed by atoms with Gasteiger partial charge in [0.25, 0.3) is 0 Å². The molecular weight excluding hydrogens is 455 g/mol. The first-order valence-electron chi connectivity index (χ1n) is 10.0. The molecule has 8 nitrogen and oxygen atoms in total. The van der Waals surface area contributed by atoms with Crippen LogP contribution in [0.15, 0.2) is 77.8 Å². The number of nitrogens with zero attached hydrogens (tertiary/aromatic N) is 3. The average molecular weight is 475 g/mol. The summed E-state index contributed by atoms with van der Waals surface area (Å²) < 4.78 is 38.0. The highest BCUT2D eigenvalue weighted by molar-refractivity contribution is 7.89. The highest BCUT2D eigenvalue weighted by atomic mass is 32.2. The Labute approximate surface area is 196 Å². The van der Waals surface area contributed by atoms with E-state index in [1.807, 2.05) is 30.3 Å². The fourth-order valence-electron chi connectivity index (χ4n) is 3.28. The molecule has 0 atom stereocenters. The second-order valence-corrected chi connectivity index (χ2v) is 8.97. The van der Waals surface area contributed by atoms with Gasteiger partial charge in [0.1, 0.15) is 0 Å². The second-order valence-electron chi connectivity index (χ2n) is 7.44. The summed E-state index contributed by atoms with van der Waals surface area (Å²) in [6, 6.07) is 21.1. The number of nitriles is 1. The van der Waals surface area contributed by atoms with Gasteiger partial charge in [-0.3, -0.25) is 0 Å². The maximum Gasteiger partial charge on any atom is 0.238 e. The quantitative estimate of drug-likeness (QED) is 0.372. The van der Waals surface area contributed by atoms with Crippen LogP contribution >= 0.6 is 0 Å². The monoisotopic (exact) mass is 474 g/mol. The SMILES string of the molecule is Cc1ccc(Nc2ncc(F)c(Nc3cccc(-c4ccc(C#N)cc4)c3)n2)cc1S(N)(=O)=O. The first kappa shape index (κ1) is 22.8. The summed E-state index contributed by atoms with van der Waals surface area (Å²) in [5.41, 5.74) is 3.81. The second kappa shape index (κ2) is 9.27. The molecule has 0 amide bonds. The third-order valence-electron chi connectivity index (χ3n) is 4.97. The van der Waals surface area contributed by atoms with E-state index in [9.17, 15) is 12.8 Å². The fourth-order valence-corrected chi connectivity index (χ4v) is 4.09. The minimum atomic E-state index is -3.90. The van der Waals surface area contributed by atoms with Crippen LogP contribution in [0.3, 0.4) is 0 Å². The van der Waals surface area contributed by atoms with Gasteiger partial charge in [0, 0.05) is 11.4 Å². The van der Waals surface area contributed by atoms with Crippen molar-refractivity contribution in [2.75, 3.05) is 10.6 Å². The Kier molecular flexibility index (Phi) is 6.23. The third kappa shape index (κ3) is 5.17. The summed E-state index contributed by atoms with van der Waals surface area (Å²) in [6.07, 6.45) is 1.01. The van der Waals surface area contributed by atoms with E-state index in [2.05, 4.69) is 26.7 Å². The molecule has 170 valence electrons. The normalized spacial score (nSPS) is 11.0. The molecule has 0 aliphatic heterocycles. The van der Waals surface area contributed by atoms with Gasteiger partial charge in [-0.1, -0.05) is 30.3 Å². The van der Waals surface area contributed by atoms with Crippen molar-refractivity contribution in [1.82, 2.24) is 9.97 Å². The smallest absolute Gasteiger partial charge is 0.238 e. The van der Waals surface area contributed by atoms with Crippen LogP contribution in [0.5, 0.6) is 0 Å². The van der Waals surface area contributed by atoms with Crippen LogP contribution in [-0.2, 0) is 10.0 Å². The molecule has 0 bridgehead atoms. The number of hydrogen-bond acceptors (Lipinski definition) is 7. The molecule has 10 heteroatoms. The van der Waals surface area contributed by atoms with Crippen molar-refractivity contribution in [2.24, 2.45) is 5.14 Å². The molecule has 4 N–H and O–H groups in total. The van der Waals surface area contributed by atoms with Crippen molar-refractivity contribution in [3.05, 3.63) is 89.9 Å². The van der Waals surface area contributed by atoms with Crippen molar-refractivity contribution >= 4 is 33.2 Å². The number of nitrogens with two attached hydrogens (primary N) is 1. The van der Waals surface area contributed by atoms with Gasteiger partial charge in [-0.05, 0) is 60.0 Å². The van der Waals surface area contributed by atoms with E-state index in [1.165, 1.54) is 6.07 Å². The van der Waals surface area contributed by atoms with Gasteiger partial charge in [-0.2, -0.15) is 10.2 Å². The molecule has 0 unspecified atom stereocenters. The highest BCUT2D eigenvalue weighted by Crippen LogP contribution is 2.27. The summed E-state index contributed by atoms with van der Waals surface area (Å²) in [6.45, 7) is 1.63. The van der Waals surface area contributed by atoms with E-state index in [0.29, 0.717) is 22.5 Å². The molecule has 4 aromatic rings. The van der Waals surface area contributed by atoms with Crippen molar-refractivity contribution in [3.63, 3.8) is 0 Å². The molecule has 0 aliphatic carbocycles. The maximum atomic E-state index is 14.4. The molecule has 0 saturated heterocycles. The highest BCUT2D eigenvalue weighted by Gasteiger charge is 2.14. The van der Waals surface area contributed by atoms with E-state index < -0.39 is 15.8 Å². The molecule has 1 aromatic heterocycles. The number of primary sulfonamides is 1.